The second kappa shape index (κ2) is 45.1. The number of aliphatic hydroxyl groups excluding tert-OH is 4. The minimum Gasteiger partial charge on any atom is -0.394 e. The number of amides is 1. The van der Waals surface area contributed by atoms with Crippen molar-refractivity contribution in [2.45, 2.75) is 295 Å². The van der Waals surface area contributed by atoms with Gasteiger partial charge >= 0.3 is 0 Å². The van der Waals surface area contributed by atoms with Crippen molar-refractivity contribution in [3.05, 3.63) is 12.2 Å². The summed E-state index contributed by atoms with van der Waals surface area (Å²) in [6.45, 7) is 3.99. The van der Waals surface area contributed by atoms with Gasteiger partial charge in [0.1, 0.15) is 12.2 Å². The number of carbonyl (C=O) groups is 1. The van der Waals surface area contributed by atoms with E-state index < -0.39 is 36.9 Å². The van der Waals surface area contributed by atoms with Crippen LogP contribution >= 0.6 is 0 Å². The van der Waals surface area contributed by atoms with E-state index in [1.165, 1.54) is 205 Å². The fraction of sp³-hybridized carbons (Fsp3) is 0.940. The van der Waals surface area contributed by atoms with Crippen molar-refractivity contribution in [2.75, 3.05) is 6.61 Å². The van der Waals surface area contributed by atoms with Crippen LogP contribution in [0.15, 0.2) is 12.2 Å². The van der Waals surface area contributed by atoms with Crippen LogP contribution in [0, 0.1) is 0 Å². The van der Waals surface area contributed by atoms with E-state index in [0.29, 0.717) is 12.8 Å². The zero-order valence-corrected chi connectivity index (χ0v) is 37.7. The molecule has 0 aliphatic rings. The van der Waals surface area contributed by atoms with Gasteiger partial charge in [-0.1, -0.05) is 244 Å². The van der Waals surface area contributed by atoms with Crippen LogP contribution in [0.3, 0.4) is 0 Å². The third kappa shape index (κ3) is 38.6. The molecule has 0 saturated heterocycles. The summed E-state index contributed by atoms with van der Waals surface area (Å²) in [6.07, 6.45) is 51.7. The lowest BCUT2D eigenvalue weighted by molar-refractivity contribution is -0.132. The van der Waals surface area contributed by atoms with Crippen molar-refractivity contribution in [1.82, 2.24) is 5.32 Å². The highest BCUT2D eigenvalue weighted by Gasteiger charge is 2.28. The van der Waals surface area contributed by atoms with E-state index in [1.54, 1.807) is 0 Å². The van der Waals surface area contributed by atoms with E-state index in [0.717, 1.165) is 38.5 Å². The van der Waals surface area contributed by atoms with Gasteiger partial charge in [0.05, 0.1) is 18.8 Å². The van der Waals surface area contributed by atoms with Crippen LogP contribution in [-0.4, -0.2) is 57.3 Å². The Labute approximate surface area is 349 Å². The third-order valence-electron chi connectivity index (χ3n) is 12.0. The minimum absolute atomic E-state index is 0.368. The summed E-state index contributed by atoms with van der Waals surface area (Å²) in [5.74, 6) is -0.592. The van der Waals surface area contributed by atoms with Gasteiger partial charge in [0.25, 0.3) is 0 Å². The number of hydrogen-bond donors (Lipinski definition) is 5. The molecule has 4 atom stereocenters. The van der Waals surface area contributed by atoms with Crippen LogP contribution < -0.4 is 5.32 Å². The highest BCUT2D eigenvalue weighted by Crippen LogP contribution is 2.18. The van der Waals surface area contributed by atoms with E-state index in [-0.39, 0.29) is 0 Å². The molecule has 0 bridgehead atoms. The second-order valence-corrected chi connectivity index (χ2v) is 17.5. The van der Waals surface area contributed by atoms with Gasteiger partial charge in [-0.25, -0.2) is 0 Å². The van der Waals surface area contributed by atoms with Crippen LogP contribution in [0.25, 0.3) is 0 Å². The lowest BCUT2D eigenvalue weighted by Crippen LogP contribution is -2.53. The monoisotopic (exact) mass is 794 g/mol. The Bertz CT molecular complexity index is 806. The molecule has 0 fully saturated rings. The van der Waals surface area contributed by atoms with Crippen molar-refractivity contribution in [3.8, 4) is 0 Å². The van der Waals surface area contributed by atoms with Gasteiger partial charge in [-0.3, -0.25) is 4.79 Å². The van der Waals surface area contributed by atoms with Crippen molar-refractivity contribution >= 4 is 5.91 Å². The molecular weight excluding hydrogens is 695 g/mol. The predicted octanol–water partition coefficient (Wildman–Crippen LogP) is 13.7. The van der Waals surface area contributed by atoms with E-state index in [2.05, 4.69) is 31.3 Å². The molecule has 6 heteroatoms. The van der Waals surface area contributed by atoms with Crippen LogP contribution in [-0.2, 0) is 4.79 Å². The quantitative estimate of drug-likeness (QED) is 0.0311. The van der Waals surface area contributed by atoms with Crippen LogP contribution in [0.1, 0.15) is 271 Å². The number of nitrogens with one attached hydrogen (secondary N) is 1. The Morgan fingerprint density at radius 1 is 0.429 bits per heavy atom. The molecule has 0 aliphatic heterocycles. The van der Waals surface area contributed by atoms with Gasteiger partial charge in [-0.05, 0) is 38.5 Å². The molecule has 0 aliphatic carbocycles. The van der Waals surface area contributed by atoms with E-state index in [4.69, 9.17) is 0 Å². The number of allylic oxidation sites excluding steroid dienone is 2. The fourth-order valence-electron chi connectivity index (χ4n) is 7.99. The zero-order chi connectivity index (χ0) is 41.0. The average Bonchev–Trinajstić information content (AvgIpc) is 3.20. The Morgan fingerprint density at radius 2 is 0.732 bits per heavy atom. The molecule has 0 radical (unpaired) electrons. The summed E-state index contributed by atoms with van der Waals surface area (Å²) < 4.78 is 0. The molecule has 0 aromatic carbocycles. The Kier molecular flexibility index (Phi) is 44.4. The topological polar surface area (TPSA) is 110 Å². The summed E-state index contributed by atoms with van der Waals surface area (Å²) in [6, 6.07) is -0.995. The molecular formula is C50H99NO5. The van der Waals surface area contributed by atoms with Gasteiger partial charge in [0, 0.05) is 0 Å². The zero-order valence-electron chi connectivity index (χ0n) is 37.7. The largest absolute Gasteiger partial charge is 0.394 e. The predicted molar refractivity (Wildman–Crippen MR) is 242 cm³/mol. The normalized spacial score (nSPS) is 14.0. The summed E-state index contributed by atoms with van der Waals surface area (Å²) in [4.78, 5) is 12.5. The molecule has 0 saturated carbocycles. The first-order valence-electron chi connectivity index (χ1n) is 25.1. The van der Waals surface area contributed by atoms with Crippen molar-refractivity contribution in [1.29, 1.82) is 0 Å². The molecule has 6 nitrogen and oxygen atoms in total. The first kappa shape index (κ1) is 55.0. The Balaban J connectivity index is 3.48. The highest BCUT2D eigenvalue weighted by atomic mass is 16.3. The SMILES string of the molecule is CCCCC/C=C/CCCC(O)C(O)C(CO)NC(=O)C(O)CCCCCCCCCCCCCCCCCCCCCCCCCCCCCCCCCC. The first-order valence-corrected chi connectivity index (χ1v) is 25.1. The Hall–Kier alpha value is -0.950. The van der Waals surface area contributed by atoms with Gasteiger partial charge in [0.15, 0.2) is 0 Å². The fourth-order valence-corrected chi connectivity index (χ4v) is 7.99. The molecule has 5 N–H and O–H groups in total. The van der Waals surface area contributed by atoms with Gasteiger partial charge in [-0.15, -0.1) is 0 Å². The molecule has 0 heterocycles. The summed E-state index contributed by atoms with van der Waals surface area (Å²) in [5, 5.41) is 43.4. The Morgan fingerprint density at radius 3 is 1.07 bits per heavy atom. The molecule has 0 spiro atoms. The van der Waals surface area contributed by atoms with Crippen molar-refractivity contribution < 1.29 is 25.2 Å². The maximum Gasteiger partial charge on any atom is 0.249 e. The minimum atomic E-state index is -1.28. The number of hydrogen-bond acceptors (Lipinski definition) is 5. The maximum atomic E-state index is 12.5. The van der Waals surface area contributed by atoms with Gasteiger partial charge < -0.3 is 25.7 Å². The van der Waals surface area contributed by atoms with Crippen LogP contribution in [0.5, 0.6) is 0 Å². The van der Waals surface area contributed by atoms with Crippen LogP contribution in [0.2, 0.25) is 0 Å². The maximum absolute atomic E-state index is 12.5. The molecule has 0 aromatic heterocycles. The highest BCUT2D eigenvalue weighted by molar-refractivity contribution is 5.80. The lowest BCUT2D eigenvalue weighted by Gasteiger charge is -2.27. The summed E-state index contributed by atoms with van der Waals surface area (Å²) in [5.41, 5.74) is 0. The summed E-state index contributed by atoms with van der Waals surface area (Å²) >= 11 is 0. The van der Waals surface area contributed by atoms with Gasteiger partial charge in [-0.2, -0.15) is 0 Å². The second-order valence-electron chi connectivity index (χ2n) is 17.5. The number of aliphatic hydroxyl groups is 4. The molecule has 334 valence electrons. The number of carbonyl (C=O) groups excluding carboxylic acids is 1. The van der Waals surface area contributed by atoms with E-state index in [1.807, 2.05) is 0 Å². The first-order chi connectivity index (χ1) is 27.5. The molecule has 1 amide bonds. The summed E-state index contributed by atoms with van der Waals surface area (Å²) in [7, 11) is 0. The third-order valence-corrected chi connectivity index (χ3v) is 12.0. The van der Waals surface area contributed by atoms with Crippen molar-refractivity contribution in [3.63, 3.8) is 0 Å². The van der Waals surface area contributed by atoms with E-state index in [9.17, 15) is 25.2 Å². The molecule has 0 rings (SSSR count). The van der Waals surface area contributed by atoms with E-state index >= 15 is 0 Å². The van der Waals surface area contributed by atoms with Crippen LogP contribution in [0.4, 0.5) is 0 Å². The molecule has 56 heavy (non-hydrogen) atoms. The standard InChI is InChI=1S/C50H99NO5/c1-3-5-7-9-11-13-14-15-16-17-18-19-20-21-22-23-24-25-26-27-28-29-30-31-32-33-34-35-36-38-40-42-44-48(54)50(56)51-46(45-52)49(55)47(53)43-41-39-37-12-10-8-6-4-2/h12,37,46-49,52-55H,3-11,13-36,38-45H2,1-2H3,(H,51,56)/b37-12+. The molecule has 0 aromatic rings. The van der Waals surface area contributed by atoms with Crippen molar-refractivity contribution in [2.24, 2.45) is 0 Å². The molecule has 4 unspecified atom stereocenters. The lowest BCUT2D eigenvalue weighted by atomic mass is 10.00. The number of unbranched alkanes of at least 4 members (excludes halogenated alkanes) is 35. The number of rotatable bonds is 46. The average molecular weight is 794 g/mol. The smallest absolute Gasteiger partial charge is 0.249 e. The van der Waals surface area contributed by atoms with Gasteiger partial charge in [0.2, 0.25) is 5.91 Å².